The maximum atomic E-state index is 16.5. The third kappa shape index (κ3) is 19.1. The standard InChI is InChI=1S/C78H106N8O16Si2/c1-51(2)67(102-104(16,17)78(9,10)11)66(80-74(93)97-50-62-60-41-29-27-39-58(60)59-40-28-30-42-61(59)62)72(91)85-64(44-32-46-83(85)76(95)99-48-56-35-23-19-24-36-56)71(90)86(100-49-57-37-25-20-26-38-57)53(4)69(88)81(12)52(3)70(89)84-63(43-31-45-82(84)75(94)98-47-55-33-21-18-22-34-55)68(87)79-65(73(92)96-13)54(5)101-103(14,15)77(6,7)8/h18-30,33-42,51-54,62-67H,31-32,43-50H2,1-17H3,(H,79,87)(H,80,93)/t52-,53+,54+,63+,64-,65-,66+,67+/m1/s1. The van der Waals surface area contributed by atoms with Gasteiger partial charge in [-0.05, 0) is 128 Å². The summed E-state index contributed by atoms with van der Waals surface area (Å²) in [4.78, 5) is 145. The van der Waals surface area contributed by atoms with Crippen LogP contribution in [-0.2, 0) is 81.2 Å². The summed E-state index contributed by atoms with van der Waals surface area (Å²) in [5, 5.41) is 9.80. The van der Waals surface area contributed by atoms with Gasteiger partial charge in [0.05, 0.1) is 19.3 Å². The molecule has 2 N–H and O–H groups in total. The second-order valence-electron chi connectivity index (χ2n) is 30.4. The smallest absolute Gasteiger partial charge is 0.429 e. The van der Waals surface area contributed by atoms with Gasteiger partial charge in [0.15, 0.2) is 22.7 Å². The lowest BCUT2D eigenvalue weighted by molar-refractivity contribution is -0.219. The SMILES string of the molecule is COC(=O)[C@H](NC(=O)[C@@H]1CCCN(C(=O)OCc2ccccc2)N1C(=O)[C@@H](C)N(C)C(=O)[C@H](C)N(OCc1ccccc1)C(=O)[C@H]1CCCN(C(=O)OCc2ccccc2)N1C(=O)[C@@H](NC(=O)OCC1c2ccccc2-c2ccccc21)[C@@H](O[Si](C)(C)C(C)(C)C)C(C)C)[C@H](C)O[Si](C)(C)C(C)(C)C. The van der Waals surface area contributed by atoms with Crippen molar-refractivity contribution in [2.24, 2.45) is 5.92 Å². The largest absolute Gasteiger partial charge is 0.467 e. The molecule has 104 heavy (non-hydrogen) atoms. The number of benzene rings is 5. The van der Waals surface area contributed by atoms with Crippen molar-refractivity contribution in [1.29, 1.82) is 0 Å². The first-order chi connectivity index (χ1) is 49.1. The Labute approximate surface area is 614 Å². The van der Waals surface area contributed by atoms with Crippen molar-refractivity contribution >= 4 is 70.4 Å². The lowest BCUT2D eigenvalue weighted by atomic mass is 9.97. The summed E-state index contributed by atoms with van der Waals surface area (Å²) in [6, 6.07) is 33.0. The Morgan fingerprint density at radius 3 is 1.45 bits per heavy atom. The molecular formula is C78H106N8O16Si2. The average molecular weight is 1470 g/mol. The Balaban J connectivity index is 1.16. The number of amides is 8. The topological polar surface area (TPSA) is 262 Å². The molecule has 2 heterocycles. The van der Waals surface area contributed by atoms with Gasteiger partial charge in [0.2, 0.25) is 11.8 Å². The normalized spacial score (nSPS) is 17.4. The van der Waals surface area contributed by atoms with Crippen LogP contribution in [0, 0.1) is 5.92 Å². The molecule has 1 aliphatic carbocycles. The monoisotopic (exact) mass is 1470 g/mol. The van der Waals surface area contributed by atoms with E-state index in [1.807, 2.05) is 136 Å². The molecule has 8 amide bonds. The number of hydrazine groups is 2. The van der Waals surface area contributed by atoms with E-state index in [4.69, 9.17) is 32.6 Å². The van der Waals surface area contributed by atoms with Crippen LogP contribution in [0.1, 0.15) is 136 Å². The predicted molar refractivity (Wildman–Crippen MR) is 397 cm³/mol. The summed E-state index contributed by atoms with van der Waals surface area (Å²) in [5.41, 5.74) is 5.76. The molecule has 5 aromatic rings. The zero-order chi connectivity index (χ0) is 76.2. The maximum absolute atomic E-state index is 16.5. The summed E-state index contributed by atoms with van der Waals surface area (Å²) in [5.74, 6) is -6.20. The number of nitrogens with zero attached hydrogens (tertiary/aromatic N) is 6. The number of carbonyl (C=O) groups is 9. The van der Waals surface area contributed by atoms with E-state index in [0.717, 1.165) is 52.3 Å². The van der Waals surface area contributed by atoms with Crippen molar-refractivity contribution < 1.29 is 75.8 Å². The lowest BCUT2D eigenvalue weighted by Crippen LogP contribution is -2.69. The zero-order valence-electron chi connectivity index (χ0n) is 63.3. The molecule has 0 bridgehead atoms. The zero-order valence-corrected chi connectivity index (χ0v) is 65.3. The van der Waals surface area contributed by atoms with E-state index in [2.05, 4.69) is 10.6 Å². The average Bonchev–Trinajstić information content (AvgIpc) is 0.846. The summed E-state index contributed by atoms with van der Waals surface area (Å²) >= 11 is 0. The van der Waals surface area contributed by atoms with Gasteiger partial charge in [0, 0.05) is 26.1 Å². The molecule has 5 aromatic carbocycles. The van der Waals surface area contributed by atoms with Gasteiger partial charge in [-0.1, -0.05) is 195 Å². The summed E-state index contributed by atoms with van der Waals surface area (Å²) in [7, 11) is -2.95. The van der Waals surface area contributed by atoms with Crippen LogP contribution in [0.25, 0.3) is 11.1 Å². The van der Waals surface area contributed by atoms with E-state index in [0.29, 0.717) is 16.7 Å². The second kappa shape index (κ2) is 34.8. The minimum absolute atomic E-state index is 0.00237. The molecule has 2 fully saturated rings. The van der Waals surface area contributed by atoms with Crippen molar-refractivity contribution in [3.8, 4) is 11.1 Å². The molecule has 8 atom stereocenters. The molecular weight excluding hydrogens is 1360 g/mol. The Hall–Kier alpha value is -8.96. The minimum atomic E-state index is -2.88. The van der Waals surface area contributed by atoms with Crippen molar-refractivity contribution in [2.75, 3.05) is 33.9 Å². The number of fused-ring (bicyclic) bond motifs is 3. The number of hydroxylamine groups is 2. The third-order valence-corrected chi connectivity index (χ3v) is 29.8. The van der Waals surface area contributed by atoms with Crippen LogP contribution in [0.2, 0.25) is 36.3 Å². The van der Waals surface area contributed by atoms with Crippen LogP contribution in [0.3, 0.4) is 0 Å². The van der Waals surface area contributed by atoms with Crippen molar-refractivity contribution in [2.45, 2.75) is 212 Å². The van der Waals surface area contributed by atoms with Crippen LogP contribution in [0.15, 0.2) is 140 Å². The Morgan fingerprint density at radius 2 is 0.981 bits per heavy atom. The number of nitrogens with one attached hydrogen (secondary N) is 2. The van der Waals surface area contributed by atoms with Gasteiger partial charge in [-0.2, -0.15) is 0 Å². The van der Waals surface area contributed by atoms with E-state index >= 15 is 19.2 Å². The molecule has 0 saturated carbocycles. The number of hydrogen-bond donors (Lipinski definition) is 2. The first-order valence-corrected chi connectivity index (χ1v) is 41.6. The van der Waals surface area contributed by atoms with Crippen LogP contribution < -0.4 is 10.6 Å². The highest BCUT2D eigenvalue weighted by Gasteiger charge is 2.52. The fraction of sp³-hybridized carbons (Fsp3) is 0.500. The van der Waals surface area contributed by atoms with Gasteiger partial charge in [0.1, 0.15) is 56.6 Å². The quantitative estimate of drug-likeness (QED) is 0.0226. The summed E-state index contributed by atoms with van der Waals surface area (Å²) < 4.78 is 36.9. The number of hydrogen-bond acceptors (Lipinski definition) is 16. The predicted octanol–water partition coefficient (Wildman–Crippen LogP) is 12.3. The summed E-state index contributed by atoms with van der Waals surface area (Å²) in [6.07, 6.45) is -4.75. The molecule has 2 aliphatic heterocycles. The van der Waals surface area contributed by atoms with Crippen LogP contribution in [-0.4, -0.2) is 183 Å². The number of esters is 1. The van der Waals surface area contributed by atoms with Crippen molar-refractivity contribution in [3.63, 3.8) is 0 Å². The van der Waals surface area contributed by atoms with E-state index in [-0.39, 0.29) is 76.2 Å². The number of ether oxygens (including phenoxy) is 4. The fourth-order valence-corrected chi connectivity index (χ4v) is 15.4. The van der Waals surface area contributed by atoms with Crippen LogP contribution in [0.4, 0.5) is 14.4 Å². The van der Waals surface area contributed by atoms with Gasteiger partial charge < -0.3 is 43.3 Å². The van der Waals surface area contributed by atoms with Gasteiger partial charge in [-0.25, -0.2) is 44.3 Å². The highest BCUT2D eigenvalue weighted by molar-refractivity contribution is 6.74. The molecule has 3 aliphatic rings. The molecule has 24 nitrogen and oxygen atoms in total. The molecule has 562 valence electrons. The number of carbonyl (C=O) groups excluding carboxylic acids is 9. The number of rotatable bonds is 26. The minimum Gasteiger partial charge on any atom is -0.467 e. The van der Waals surface area contributed by atoms with Gasteiger partial charge in [0.25, 0.3) is 17.7 Å². The fourth-order valence-electron chi connectivity index (χ4n) is 12.6. The Bertz CT molecular complexity index is 3770. The highest BCUT2D eigenvalue weighted by atomic mass is 28.4. The molecule has 0 spiro atoms. The van der Waals surface area contributed by atoms with Gasteiger partial charge >= 0.3 is 24.2 Å². The van der Waals surface area contributed by atoms with Crippen molar-refractivity contribution in [3.05, 3.63) is 167 Å². The van der Waals surface area contributed by atoms with E-state index in [1.165, 1.54) is 28.0 Å². The van der Waals surface area contributed by atoms with E-state index in [9.17, 15) is 24.0 Å². The molecule has 26 heteroatoms. The molecule has 0 radical (unpaired) electrons. The number of methoxy groups -OCH3 is 1. The number of alkyl carbamates (subject to hydrolysis) is 1. The molecule has 8 rings (SSSR count). The summed E-state index contributed by atoms with van der Waals surface area (Å²) in [6.45, 7) is 27.3. The van der Waals surface area contributed by atoms with E-state index < -0.39 is 130 Å². The maximum Gasteiger partial charge on any atom is 0.429 e. The van der Waals surface area contributed by atoms with Gasteiger partial charge in [-0.3, -0.25) is 28.8 Å². The first kappa shape index (κ1) is 80.7. The Kier molecular flexibility index (Phi) is 27.0. The Morgan fingerprint density at radius 1 is 0.538 bits per heavy atom. The molecule has 2 saturated heterocycles. The number of likely N-dealkylation sites (N-methyl/N-ethyl adjacent to an activating group) is 1. The van der Waals surface area contributed by atoms with Gasteiger partial charge in [-0.15, -0.1) is 0 Å². The second-order valence-corrected chi connectivity index (χ2v) is 39.9. The van der Waals surface area contributed by atoms with Crippen LogP contribution >= 0.6 is 0 Å². The van der Waals surface area contributed by atoms with Crippen LogP contribution in [0.5, 0.6) is 0 Å². The van der Waals surface area contributed by atoms with E-state index in [1.54, 1.807) is 91.9 Å². The lowest BCUT2D eigenvalue weighted by Gasteiger charge is -2.47. The third-order valence-electron chi connectivity index (χ3n) is 20.7. The highest BCUT2D eigenvalue weighted by Crippen LogP contribution is 2.45. The first-order valence-electron chi connectivity index (χ1n) is 35.8. The van der Waals surface area contributed by atoms with Crippen molar-refractivity contribution in [1.82, 2.24) is 40.6 Å². The molecule has 0 aromatic heterocycles. The molecule has 0 unspecified atom stereocenters.